The van der Waals surface area contributed by atoms with Crippen LogP contribution in [0.3, 0.4) is 0 Å². The summed E-state index contributed by atoms with van der Waals surface area (Å²) in [4.78, 5) is 36.1. The number of rotatable bonds is 6. The fourth-order valence-corrected chi connectivity index (χ4v) is 5.75. The summed E-state index contributed by atoms with van der Waals surface area (Å²) in [6.07, 6.45) is 4.61. The van der Waals surface area contributed by atoms with Crippen LogP contribution in [0.15, 0.2) is 79.3 Å². The highest BCUT2D eigenvalue weighted by atomic mass is 32.2. The lowest BCUT2D eigenvalue weighted by Gasteiger charge is -2.31. The van der Waals surface area contributed by atoms with Crippen molar-refractivity contribution in [3.63, 3.8) is 0 Å². The maximum Gasteiger partial charge on any atom is 0.412 e. The van der Waals surface area contributed by atoms with Crippen molar-refractivity contribution in [2.75, 3.05) is 5.75 Å². The number of fused-ring (bicyclic) bond motifs is 1. The fraction of sp³-hybridized carbons (Fsp3) is 0.276. The Hall–Kier alpha value is -3.78. The molecule has 1 amide bonds. The molecule has 0 bridgehead atoms. The zero-order valence-corrected chi connectivity index (χ0v) is 21.8. The minimum absolute atomic E-state index is 0.131. The van der Waals surface area contributed by atoms with Gasteiger partial charge >= 0.3 is 6.09 Å². The molecule has 1 aliphatic heterocycles. The van der Waals surface area contributed by atoms with Crippen LogP contribution in [-0.2, 0) is 11.3 Å². The van der Waals surface area contributed by atoms with E-state index >= 15 is 0 Å². The number of pyridine rings is 1. The van der Waals surface area contributed by atoms with Crippen LogP contribution in [0.1, 0.15) is 47.6 Å². The molecule has 1 unspecified atom stereocenters. The van der Waals surface area contributed by atoms with Crippen LogP contribution in [0.25, 0.3) is 10.9 Å². The summed E-state index contributed by atoms with van der Waals surface area (Å²) in [5.41, 5.74) is 2.58. The molecule has 0 aliphatic carbocycles. The molecule has 2 atom stereocenters. The first kappa shape index (κ1) is 24.9. The van der Waals surface area contributed by atoms with E-state index in [1.54, 1.807) is 23.5 Å². The van der Waals surface area contributed by atoms with Gasteiger partial charge in [0, 0.05) is 52.4 Å². The van der Waals surface area contributed by atoms with Gasteiger partial charge in [0.05, 0.1) is 0 Å². The summed E-state index contributed by atoms with van der Waals surface area (Å²) < 4.78 is 11.7. The van der Waals surface area contributed by atoms with Crippen molar-refractivity contribution < 1.29 is 19.1 Å². The third kappa shape index (κ3) is 5.49. The second-order valence-electron chi connectivity index (χ2n) is 9.92. The first-order valence-electron chi connectivity index (χ1n) is 12.1. The molecule has 3 heterocycles. The molecule has 1 fully saturated rings. The van der Waals surface area contributed by atoms with E-state index in [0.29, 0.717) is 23.7 Å². The molecule has 4 aromatic rings. The van der Waals surface area contributed by atoms with Gasteiger partial charge in [-0.3, -0.25) is 14.7 Å². The molecular formula is C29H29N3O4S. The molecule has 7 nitrogen and oxygen atoms in total. The molecule has 0 radical (unpaired) electrons. The number of ketones is 1. The van der Waals surface area contributed by atoms with E-state index < -0.39 is 17.7 Å². The third-order valence-electron chi connectivity index (χ3n) is 6.04. The van der Waals surface area contributed by atoms with Crippen LogP contribution in [0.5, 0.6) is 5.75 Å². The Labute approximate surface area is 220 Å². The number of hydrogen-bond donors (Lipinski definition) is 1. The van der Waals surface area contributed by atoms with E-state index in [1.807, 2.05) is 81.4 Å². The topological polar surface area (TPSA) is 84.5 Å². The zero-order chi connectivity index (χ0) is 26.0. The lowest BCUT2D eigenvalue weighted by Crippen LogP contribution is -2.45. The first-order valence-corrected chi connectivity index (χ1v) is 13.2. The Balaban J connectivity index is 1.40. The molecule has 0 saturated carbocycles. The molecule has 2 aromatic heterocycles. The van der Waals surface area contributed by atoms with Crippen molar-refractivity contribution in [1.29, 1.82) is 0 Å². The summed E-state index contributed by atoms with van der Waals surface area (Å²) in [5, 5.41) is 0.428. The van der Waals surface area contributed by atoms with Crippen LogP contribution in [0.2, 0.25) is 0 Å². The highest BCUT2D eigenvalue weighted by Gasteiger charge is 2.44. The van der Waals surface area contributed by atoms with Gasteiger partial charge in [-0.25, -0.2) is 4.79 Å². The van der Waals surface area contributed by atoms with Gasteiger partial charge in [-0.05, 0) is 44.5 Å². The molecule has 1 N–H and O–H groups in total. The number of hydrogen-bond acceptors (Lipinski definition) is 6. The van der Waals surface area contributed by atoms with Crippen LogP contribution in [0, 0.1) is 0 Å². The summed E-state index contributed by atoms with van der Waals surface area (Å²) in [6, 6.07) is 18.7. The van der Waals surface area contributed by atoms with E-state index in [2.05, 4.69) is 9.97 Å². The smallest absolute Gasteiger partial charge is 0.412 e. The normalized spacial score (nSPS) is 17.6. The van der Waals surface area contributed by atoms with Crippen molar-refractivity contribution in [2.24, 2.45) is 0 Å². The monoisotopic (exact) mass is 515 g/mol. The van der Waals surface area contributed by atoms with Crippen molar-refractivity contribution in [2.45, 2.75) is 44.4 Å². The lowest BCUT2D eigenvalue weighted by molar-refractivity contribution is 0.0173. The summed E-state index contributed by atoms with van der Waals surface area (Å²) in [6.45, 7) is 5.92. The second kappa shape index (κ2) is 10.3. The maximum absolute atomic E-state index is 13.8. The predicted molar refractivity (Wildman–Crippen MR) is 145 cm³/mol. The Morgan fingerprint density at radius 3 is 2.65 bits per heavy atom. The number of H-pyrrole nitrogens is 1. The number of amides is 1. The lowest BCUT2D eigenvalue weighted by atomic mass is 10.0. The molecule has 8 heteroatoms. The van der Waals surface area contributed by atoms with E-state index in [1.165, 1.54) is 11.8 Å². The van der Waals surface area contributed by atoms with Crippen molar-refractivity contribution >= 4 is 34.5 Å². The molecule has 37 heavy (non-hydrogen) atoms. The summed E-state index contributed by atoms with van der Waals surface area (Å²) >= 11 is 1.54. The van der Waals surface area contributed by atoms with Crippen LogP contribution in [0.4, 0.5) is 4.79 Å². The molecule has 0 spiro atoms. The Morgan fingerprint density at radius 1 is 1.11 bits per heavy atom. The standard InChI is InChI=1S/C29H29N3O4S/c1-29(2,3)36-28(34)32-25(18-37-27(32)20-10-7-13-30-15-20)26(33)23-16-31-24-14-21(11-12-22(23)24)35-17-19-8-5-4-6-9-19/h4-16,25,27,31H,17-18H2,1-3H3/t25-,27?/m0/s1. The molecular weight excluding hydrogens is 486 g/mol. The number of aromatic nitrogens is 2. The number of nitrogens with one attached hydrogen (secondary N) is 1. The number of aromatic amines is 1. The number of ether oxygens (including phenoxy) is 2. The third-order valence-corrected chi connectivity index (χ3v) is 7.37. The zero-order valence-electron chi connectivity index (χ0n) is 21.0. The van der Waals surface area contributed by atoms with E-state index in [0.717, 1.165) is 22.0 Å². The van der Waals surface area contributed by atoms with Gasteiger partial charge < -0.3 is 14.5 Å². The first-order chi connectivity index (χ1) is 17.8. The van der Waals surface area contributed by atoms with Gasteiger partial charge in [0.15, 0.2) is 5.78 Å². The average molecular weight is 516 g/mol. The second-order valence-corrected chi connectivity index (χ2v) is 11.0. The van der Waals surface area contributed by atoms with Gasteiger partial charge in [0.2, 0.25) is 0 Å². The summed E-state index contributed by atoms with van der Waals surface area (Å²) in [5.74, 6) is 1.04. The van der Waals surface area contributed by atoms with E-state index in [4.69, 9.17) is 9.47 Å². The summed E-state index contributed by atoms with van der Waals surface area (Å²) in [7, 11) is 0. The molecule has 2 aromatic carbocycles. The van der Waals surface area contributed by atoms with Crippen molar-refractivity contribution in [3.8, 4) is 5.75 Å². The van der Waals surface area contributed by atoms with Gasteiger partial charge in [-0.1, -0.05) is 36.4 Å². The number of Topliss-reactive ketones (excluding diaryl/α,β-unsaturated/α-hetero) is 1. The minimum Gasteiger partial charge on any atom is -0.489 e. The number of nitrogens with zero attached hydrogens (tertiary/aromatic N) is 2. The Kier molecular flexibility index (Phi) is 6.93. The molecule has 190 valence electrons. The van der Waals surface area contributed by atoms with Crippen LogP contribution in [-0.4, -0.2) is 44.1 Å². The Bertz CT molecular complexity index is 1400. The SMILES string of the molecule is CC(C)(C)OC(=O)N1C(c2cccnc2)SC[C@H]1C(=O)c1c[nH]c2cc(OCc3ccccc3)ccc12. The average Bonchev–Trinajstić information content (AvgIpc) is 3.52. The van der Waals surface area contributed by atoms with Gasteiger partial charge in [0.1, 0.15) is 29.4 Å². The molecule has 5 rings (SSSR count). The van der Waals surface area contributed by atoms with Gasteiger partial charge in [-0.15, -0.1) is 11.8 Å². The number of thioether (sulfide) groups is 1. The van der Waals surface area contributed by atoms with Gasteiger partial charge in [0.25, 0.3) is 0 Å². The number of carbonyl (C=O) groups excluding carboxylic acids is 2. The van der Waals surface area contributed by atoms with E-state index in [9.17, 15) is 9.59 Å². The quantitative estimate of drug-likeness (QED) is 0.300. The largest absolute Gasteiger partial charge is 0.489 e. The number of benzene rings is 2. The van der Waals surface area contributed by atoms with Crippen LogP contribution < -0.4 is 4.74 Å². The van der Waals surface area contributed by atoms with Crippen LogP contribution >= 0.6 is 11.8 Å². The molecule has 1 aliphatic rings. The highest BCUT2D eigenvalue weighted by molar-refractivity contribution is 7.99. The van der Waals surface area contributed by atoms with Crippen molar-refractivity contribution in [3.05, 3.63) is 95.9 Å². The maximum atomic E-state index is 13.8. The molecule has 1 saturated heterocycles. The minimum atomic E-state index is -0.686. The Morgan fingerprint density at radius 2 is 1.92 bits per heavy atom. The van der Waals surface area contributed by atoms with E-state index in [-0.39, 0.29) is 11.2 Å². The predicted octanol–water partition coefficient (Wildman–Crippen LogP) is 6.38. The number of carbonyl (C=O) groups is 2. The van der Waals surface area contributed by atoms with Gasteiger partial charge in [-0.2, -0.15) is 0 Å². The van der Waals surface area contributed by atoms with Crippen molar-refractivity contribution in [1.82, 2.24) is 14.9 Å². The fourth-order valence-electron chi connectivity index (χ4n) is 4.34. The highest BCUT2D eigenvalue weighted by Crippen LogP contribution is 2.43.